The van der Waals surface area contributed by atoms with E-state index in [-0.39, 0.29) is 0 Å². The van der Waals surface area contributed by atoms with Crippen LogP contribution in [0.1, 0.15) is 0 Å². The highest BCUT2D eigenvalue weighted by Crippen LogP contribution is 2.41. The number of nitrogens with zero attached hydrogens (tertiary/aromatic N) is 4. The van der Waals surface area contributed by atoms with E-state index in [1.165, 1.54) is 21.8 Å². The van der Waals surface area contributed by atoms with E-state index in [0.717, 1.165) is 55.2 Å². The fraction of sp³-hybridized carbons (Fsp3) is 0. The molecule has 0 amide bonds. The van der Waals surface area contributed by atoms with Gasteiger partial charge in [-0.15, -0.1) is 0 Å². The summed E-state index contributed by atoms with van der Waals surface area (Å²) >= 11 is 3.84. The van der Waals surface area contributed by atoms with Gasteiger partial charge in [-0.2, -0.15) is 0 Å². The molecule has 9 rings (SSSR count). The zero-order chi connectivity index (χ0) is 34.1. The molecular formula is C46H31BrN4. The van der Waals surface area contributed by atoms with E-state index in [4.69, 9.17) is 9.97 Å². The Bertz CT molecular complexity index is 2580. The Morgan fingerprint density at radius 2 is 1.02 bits per heavy atom. The molecule has 0 fully saturated rings. The molecule has 4 nitrogen and oxygen atoms in total. The fourth-order valence-corrected chi connectivity index (χ4v) is 7.43. The number of benzene rings is 7. The molecule has 0 N–H and O–H groups in total. The van der Waals surface area contributed by atoms with Crippen LogP contribution in [0.3, 0.4) is 0 Å². The van der Waals surface area contributed by atoms with Crippen LogP contribution in [0.15, 0.2) is 193 Å². The van der Waals surface area contributed by atoms with Crippen molar-refractivity contribution in [3.63, 3.8) is 0 Å². The van der Waals surface area contributed by atoms with E-state index in [1.807, 2.05) is 48.7 Å². The molecule has 0 aliphatic rings. The Morgan fingerprint density at radius 1 is 0.471 bits per heavy atom. The number of hydrogen-bond donors (Lipinski definition) is 0. The Hall–Kier alpha value is -6.30. The highest BCUT2D eigenvalue weighted by molar-refractivity contribution is 9.10. The van der Waals surface area contributed by atoms with Crippen LogP contribution in [0.5, 0.6) is 0 Å². The number of anilines is 3. The lowest BCUT2D eigenvalue weighted by Gasteiger charge is -2.27. The number of fused-ring (bicyclic) bond motifs is 3. The van der Waals surface area contributed by atoms with E-state index < -0.39 is 0 Å². The third-order valence-electron chi connectivity index (χ3n) is 9.28. The smallest absolute Gasteiger partial charge is 0.159 e. The summed E-state index contributed by atoms with van der Waals surface area (Å²) < 4.78 is 3.38. The van der Waals surface area contributed by atoms with Gasteiger partial charge in [-0.1, -0.05) is 143 Å². The van der Waals surface area contributed by atoms with Crippen LogP contribution in [0.4, 0.5) is 17.1 Å². The third-order valence-corrected chi connectivity index (χ3v) is 9.74. The Balaban J connectivity index is 1.16. The van der Waals surface area contributed by atoms with Gasteiger partial charge in [0.25, 0.3) is 0 Å². The molecule has 9 aromatic rings. The van der Waals surface area contributed by atoms with Crippen molar-refractivity contribution in [2.45, 2.75) is 0 Å². The van der Waals surface area contributed by atoms with E-state index >= 15 is 0 Å². The van der Waals surface area contributed by atoms with Gasteiger partial charge >= 0.3 is 0 Å². The number of para-hydroxylation sites is 3. The summed E-state index contributed by atoms with van der Waals surface area (Å²) in [7, 11) is 0. The molecule has 0 saturated carbocycles. The highest BCUT2D eigenvalue weighted by atomic mass is 79.9. The molecule has 0 aliphatic carbocycles. The second-order valence-corrected chi connectivity index (χ2v) is 13.4. The normalized spacial score (nSPS) is 11.2. The molecule has 0 radical (unpaired) electrons. The van der Waals surface area contributed by atoms with Crippen LogP contribution in [-0.4, -0.2) is 14.5 Å². The summed E-state index contributed by atoms with van der Waals surface area (Å²) in [6.45, 7) is 0. The standard InChI is InChI=1S/C46H31BrN4/c47-36-28-35(29-39(30-36)51-42-22-12-10-20-40(42)41-21-11-13-23-43(41)51)32-24-26-38(27-25-32)50(37-18-8-3-9-19-37)44-31-48-46(34-16-6-2-7-17-34)49-45(44)33-14-4-1-5-15-33/h1-31H. The molecule has 0 spiro atoms. The lowest BCUT2D eigenvalue weighted by molar-refractivity contribution is 1.14. The predicted octanol–water partition coefficient (Wildman–Crippen LogP) is 12.8. The number of halogens is 1. The Morgan fingerprint density at radius 3 is 1.67 bits per heavy atom. The van der Waals surface area contributed by atoms with Crippen LogP contribution < -0.4 is 4.90 Å². The maximum absolute atomic E-state index is 5.18. The molecule has 2 heterocycles. The predicted molar refractivity (Wildman–Crippen MR) is 215 cm³/mol. The molecule has 7 aromatic carbocycles. The van der Waals surface area contributed by atoms with Crippen LogP contribution in [0, 0.1) is 0 Å². The maximum Gasteiger partial charge on any atom is 0.159 e. The van der Waals surface area contributed by atoms with Gasteiger partial charge in [0.05, 0.1) is 28.6 Å². The fourth-order valence-electron chi connectivity index (χ4n) is 6.95. The summed E-state index contributed by atoms with van der Waals surface area (Å²) in [5.41, 5.74) is 11.5. The molecule has 0 atom stereocenters. The molecule has 5 heteroatoms. The van der Waals surface area contributed by atoms with Crippen LogP contribution in [0.2, 0.25) is 0 Å². The highest BCUT2D eigenvalue weighted by Gasteiger charge is 2.21. The van der Waals surface area contributed by atoms with Crippen molar-refractivity contribution in [3.8, 4) is 39.5 Å². The lowest BCUT2D eigenvalue weighted by Crippen LogP contribution is -2.13. The Labute approximate surface area is 305 Å². The molecule has 242 valence electrons. The van der Waals surface area contributed by atoms with E-state index in [9.17, 15) is 0 Å². The number of hydrogen-bond acceptors (Lipinski definition) is 3. The first-order valence-corrected chi connectivity index (χ1v) is 17.7. The number of rotatable bonds is 7. The van der Waals surface area contributed by atoms with E-state index in [1.54, 1.807) is 0 Å². The first kappa shape index (κ1) is 30.7. The van der Waals surface area contributed by atoms with Crippen molar-refractivity contribution in [3.05, 3.63) is 193 Å². The first-order chi connectivity index (χ1) is 25.2. The summed E-state index contributed by atoms with van der Waals surface area (Å²) in [5.74, 6) is 0.690. The van der Waals surface area contributed by atoms with Crippen LogP contribution in [0.25, 0.3) is 61.3 Å². The van der Waals surface area contributed by atoms with Gasteiger partial charge in [0.1, 0.15) is 0 Å². The molecule has 0 unspecified atom stereocenters. The lowest BCUT2D eigenvalue weighted by atomic mass is 10.0. The maximum atomic E-state index is 5.18. The van der Waals surface area contributed by atoms with Gasteiger partial charge < -0.3 is 9.47 Å². The summed E-state index contributed by atoms with van der Waals surface area (Å²) in [6, 6.07) is 63.6. The molecule has 2 aromatic heterocycles. The van der Waals surface area contributed by atoms with Gasteiger partial charge in [-0.25, -0.2) is 9.97 Å². The average molecular weight is 720 g/mol. The minimum absolute atomic E-state index is 0.690. The summed E-state index contributed by atoms with van der Waals surface area (Å²) in [6.07, 6.45) is 1.95. The summed E-state index contributed by atoms with van der Waals surface area (Å²) in [5, 5.41) is 2.49. The van der Waals surface area contributed by atoms with Crippen molar-refractivity contribution in [1.29, 1.82) is 0 Å². The van der Waals surface area contributed by atoms with Gasteiger partial charge in [-0.3, -0.25) is 0 Å². The molecule has 0 bridgehead atoms. The SMILES string of the molecule is Brc1cc(-c2ccc(N(c3ccccc3)c3cnc(-c4ccccc4)nc3-c3ccccc3)cc2)cc(-n2c3ccccc3c3ccccc32)c1. The Kier molecular flexibility index (Phi) is 7.95. The molecule has 0 aliphatic heterocycles. The largest absolute Gasteiger partial charge is 0.309 e. The van der Waals surface area contributed by atoms with Crippen molar-refractivity contribution >= 4 is 54.8 Å². The van der Waals surface area contributed by atoms with E-state index in [0.29, 0.717) is 5.82 Å². The van der Waals surface area contributed by atoms with E-state index in [2.05, 4.69) is 165 Å². The zero-order valence-electron chi connectivity index (χ0n) is 27.6. The van der Waals surface area contributed by atoms with Gasteiger partial charge in [-0.05, 0) is 65.7 Å². The molecule has 51 heavy (non-hydrogen) atoms. The minimum atomic E-state index is 0.690. The van der Waals surface area contributed by atoms with Crippen molar-refractivity contribution in [2.75, 3.05) is 4.90 Å². The van der Waals surface area contributed by atoms with Gasteiger partial charge in [0, 0.05) is 43.4 Å². The zero-order valence-corrected chi connectivity index (χ0v) is 29.2. The van der Waals surface area contributed by atoms with Gasteiger partial charge in [0.15, 0.2) is 5.82 Å². The molecular weight excluding hydrogens is 688 g/mol. The average Bonchev–Trinajstić information content (AvgIpc) is 3.54. The van der Waals surface area contributed by atoms with Crippen LogP contribution >= 0.6 is 15.9 Å². The monoisotopic (exact) mass is 718 g/mol. The third kappa shape index (κ3) is 5.78. The quantitative estimate of drug-likeness (QED) is 0.164. The van der Waals surface area contributed by atoms with Crippen molar-refractivity contribution in [2.24, 2.45) is 0 Å². The van der Waals surface area contributed by atoms with Crippen LogP contribution in [-0.2, 0) is 0 Å². The van der Waals surface area contributed by atoms with Crippen molar-refractivity contribution < 1.29 is 0 Å². The molecule has 0 saturated heterocycles. The second-order valence-electron chi connectivity index (χ2n) is 12.4. The second kappa shape index (κ2) is 13.2. The minimum Gasteiger partial charge on any atom is -0.309 e. The topological polar surface area (TPSA) is 34.0 Å². The van der Waals surface area contributed by atoms with Crippen molar-refractivity contribution in [1.82, 2.24) is 14.5 Å². The first-order valence-electron chi connectivity index (χ1n) is 16.9. The summed E-state index contributed by atoms with van der Waals surface area (Å²) in [4.78, 5) is 12.3. The number of aromatic nitrogens is 3. The van der Waals surface area contributed by atoms with Gasteiger partial charge in [0.2, 0.25) is 0 Å².